The summed E-state index contributed by atoms with van der Waals surface area (Å²) in [7, 11) is 1.48. The van der Waals surface area contributed by atoms with Crippen molar-refractivity contribution in [3.63, 3.8) is 0 Å². The van der Waals surface area contributed by atoms with E-state index in [1.54, 1.807) is 6.92 Å². The number of aryl methyl sites for hydroxylation is 1. The van der Waals surface area contributed by atoms with E-state index < -0.39 is 12.1 Å². The van der Waals surface area contributed by atoms with Gasteiger partial charge in [-0.3, -0.25) is 15.4 Å². The monoisotopic (exact) mass is 339 g/mol. The fourth-order valence-electron chi connectivity index (χ4n) is 2.65. The number of benzene rings is 2. The van der Waals surface area contributed by atoms with Crippen molar-refractivity contribution < 1.29 is 9.59 Å². The van der Waals surface area contributed by atoms with Crippen molar-refractivity contribution in [3.8, 4) is 0 Å². The summed E-state index contributed by atoms with van der Waals surface area (Å²) in [6.07, 6.45) is 1.75. The zero-order chi connectivity index (χ0) is 18.1. The van der Waals surface area contributed by atoms with Crippen molar-refractivity contribution in [1.82, 2.24) is 16.0 Å². The highest BCUT2D eigenvalue weighted by molar-refractivity contribution is 5.96. The van der Waals surface area contributed by atoms with Gasteiger partial charge in [-0.25, -0.2) is 4.79 Å². The molecule has 0 heterocycles. The predicted molar refractivity (Wildman–Crippen MR) is 99.1 cm³/mol. The van der Waals surface area contributed by atoms with Crippen molar-refractivity contribution in [1.29, 1.82) is 0 Å². The van der Waals surface area contributed by atoms with Crippen LogP contribution < -0.4 is 16.0 Å². The van der Waals surface area contributed by atoms with Crippen LogP contribution in [0.25, 0.3) is 0 Å². The lowest BCUT2D eigenvalue weighted by atomic mass is 9.98. The summed E-state index contributed by atoms with van der Waals surface area (Å²) < 4.78 is 0. The minimum atomic E-state index is -0.501. The molecule has 132 valence electrons. The zero-order valence-corrected chi connectivity index (χ0v) is 14.7. The normalized spacial score (nSPS) is 12.9. The van der Waals surface area contributed by atoms with E-state index in [1.165, 1.54) is 12.6 Å². The highest BCUT2D eigenvalue weighted by Gasteiger charge is 2.20. The van der Waals surface area contributed by atoms with Crippen LogP contribution in [0.4, 0.5) is 4.79 Å². The lowest BCUT2D eigenvalue weighted by Crippen LogP contribution is -2.48. The number of amides is 3. The predicted octanol–water partition coefficient (Wildman–Crippen LogP) is 2.79. The number of urea groups is 1. The molecule has 0 radical (unpaired) electrons. The molecule has 0 aliphatic carbocycles. The van der Waals surface area contributed by atoms with Gasteiger partial charge in [0.1, 0.15) is 0 Å². The molecule has 25 heavy (non-hydrogen) atoms. The van der Waals surface area contributed by atoms with Gasteiger partial charge in [0.05, 0.1) is 6.04 Å². The molecule has 2 rings (SSSR count). The Morgan fingerprint density at radius 1 is 0.960 bits per heavy atom. The minimum Gasteiger partial charge on any atom is -0.341 e. The van der Waals surface area contributed by atoms with Crippen molar-refractivity contribution in [2.75, 3.05) is 7.05 Å². The van der Waals surface area contributed by atoms with E-state index in [0.717, 1.165) is 18.4 Å². The third kappa shape index (κ3) is 6.04. The summed E-state index contributed by atoms with van der Waals surface area (Å²) in [6, 6.07) is 19.3. The van der Waals surface area contributed by atoms with Gasteiger partial charge in [-0.05, 0) is 30.9 Å². The second kappa shape index (κ2) is 9.59. The van der Waals surface area contributed by atoms with E-state index in [9.17, 15) is 9.59 Å². The SMILES string of the molecule is CNC(=O)NC(=O)[C@@H](C)N[C@H](CCc1ccccc1)c1ccccc1. The van der Waals surface area contributed by atoms with Crippen LogP contribution in [0.3, 0.4) is 0 Å². The summed E-state index contributed by atoms with van der Waals surface area (Å²) >= 11 is 0. The van der Waals surface area contributed by atoms with Crippen molar-refractivity contribution >= 4 is 11.9 Å². The molecule has 3 N–H and O–H groups in total. The molecule has 0 bridgehead atoms. The zero-order valence-electron chi connectivity index (χ0n) is 14.7. The summed E-state index contributed by atoms with van der Waals surface area (Å²) in [5, 5.41) is 8.03. The van der Waals surface area contributed by atoms with Crippen LogP contribution in [-0.4, -0.2) is 25.0 Å². The van der Waals surface area contributed by atoms with Gasteiger partial charge >= 0.3 is 6.03 Å². The Morgan fingerprint density at radius 2 is 1.56 bits per heavy atom. The van der Waals surface area contributed by atoms with Crippen LogP contribution in [0, 0.1) is 0 Å². The molecule has 0 fully saturated rings. The number of rotatable bonds is 7. The molecule has 0 aliphatic heterocycles. The van der Waals surface area contributed by atoms with Gasteiger partial charge < -0.3 is 5.32 Å². The van der Waals surface area contributed by atoms with Crippen molar-refractivity contribution in [2.24, 2.45) is 0 Å². The Kier molecular flexibility index (Phi) is 7.16. The van der Waals surface area contributed by atoms with E-state index >= 15 is 0 Å². The molecule has 2 atom stereocenters. The second-order valence-electron chi connectivity index (χ2n) is 5.94. The Balaban J connectivity index is 2.04. The Hall–Kier alpha value is -2.66. The van der Waals surface area contributed by atoms with Gasteiger partial charge in [-0.15, -0.1) is 0 Å². The maximum absolute atomic E-state index is 12.1. The molecule has 0 saturated carbocycles. The lowest BCUT2D eigenvalue weighted by Gasteiger charge is -2.23. The first-order chi connectivity index (χ1) is 12.1. The maximum Gasteiger partial charge on any atom is 0.321 e. The Bertz CT molecular complexity index is 674. The first-order valence-corrected chi connectivity index (χ1v) is 8.47. The van der Waals surface area contributed by atoms with Gasteiger partial charge in [0.25, 0.3) is 0 Å². The average molecular weight is 339 g/mol. The van der Waals surface area contributed by atoms with Crippen LogP contribution in [0.2, 0.25) is 0 Å². The summed E-state index contributed by atoms with van der Waals surface area (Å²) in [5.41, 5.74) is 2.38. The minimum absolute atomic E-state index is 0.0202. The standard InChI is InChI=1S/C20H25N3O2/c1-15(19(24)23-20(25)21-2)22-18(17-11-7-4-8-12-17)14-13-16-9-5-3-6-10-16/h3-12,15,18,22H,13-14H2,1-2H3,(H2,21,23,24,25)/t15-,18-/m1/s1. The Labute approximate surface area is 148 Å². The fraction of sp³-hybridized carbons (Fsp3) is 0.300. The van der Waals surface area contributed by atoms with Crippen molar-refractivity contribution in [2.45, 2.75) is 31.8 Å². The molecule has 0 saturated heterocycles. The molecule has 0 unspecified atom stereocenters. The molecule has 0 spiro atoms. The number of hydrogen-bond acceptors (Lipinski definition) is 3. The van der Waals surface area contributed by atoms with E-state index in [-0.39, 0.29) is 11.9 Å². The topological polar surface area (TPSA) is 70.2 Å². The van der Waals surface area contributed by atoms with Crippen LogP contribution in [0.1, 0.15) is 30.5 Å². The summed E-state index contributed by atoms with van der Waals surface area (Å²) in [5.74, 6) is -0.347. The quantitative estimate of drug-likeness (QED) is 0.726. The molecule has 0 aliphatic rings. The van der Waals surface area contributed by atoms with Crippen LogP contribution in [0.5, 0.6) is 0 Å². The highest BCUT2D eigenvalue weighted by Crippen LogP contribution is 2.20. The summed E-state index contributed by atoms with van der Waals surface area (Å²) in [6.45, 7) is 1.76. The van der Waals surface area contributed by atoms with Gasteiger partial charge in [-0.1, -0.05) is 60.7 Å². The number of hydrogen-bond donors (Lipinski definition) is 3. The fourth-order valence-corrected chi connectivity index (χ4v) is 2.65. The first kappa shape index (κ1) is 18.7. The van der Waals surface area contributed by atoms with E-state index in [4.69, 9.17) is 0 Å². The highest BCUT2D eigenvalue weighted by atomic mass is 16.2. The van der Waals surface area contributed by atoms with E-state index in [0.29, 0.717) is 0 Å². The number of imide groups is 1. The largest absolute Gasteiger partial charge is 0.341 e. The average Bonchev–Trinajstić information content (AvgIpc) is 2.66. The third-order valence-corrected chi connectivity index (χ3v) is 4.07. The first-order valence-electron chi connectivity index (χ1n) is 8.47. The molecular weight excluding hydrogens is 314 g/mol. The van der Waals surface area contributed by atoms with Crippen LogP contribution >= 0.6 is 0 Å². The molecule has 3 amide bonds. The lowest BCUT2D eigenvalue weighted by molar-refractivity contribution is -0.121. The van der Waals surface area contributed by atoms with Crippen molar-refractivity contribution in [3.05, 3.63) is 71.8 Å². The van der Waals surface area contributed by atoms with Gasteiger partial charge in [0.2, 0.25) is 5.91 Å². The van der Waals surface area contributed by atoms with Gasteiger partial charge in [-0.2, -0.15) is 0 Å². The summed E-state index contributed by atoms with van der Waals surface area (Å²) in [4.78, 5) is 23.4. The maximum atomic E-state index is 12.1. The Morgan fingerprint density at radius 3 is 2.16 bits per heavy atom. The molecule has 5 heteroatoms. The molecule has 2 aromatic carbocycles. The van der Waals surface area contributed by atoms with Gasteiger partial charge in [0.15, 0.2) is 0 Å². The smallest absolute Gasteiger partial charge is 0.321 e. The second-order valence-corrected chi connectivity index (χ2v) is 5.94. The van der Waals surface area contributed by atoms with Gasteiger partial charge in [0, 0.05) is 13.1 Å². The van der Waals surface area contributed by atoms with Crippen LogP contribution in [-0.2, 0) is 11.2 Å². The van der Waals surface area contributed by atoms with E-state index in [2.05, 4.69) is 28.1 Å². The number of carbonyl (C=O) groups excluding carboxylic acids is 2. The number of nitrogens with one attached hydrogen (secondary N) is 3. The third-order valence-electron chi connectivity index (χ3n) is 4.07. The molecule has 0 aromatic heterocycles. The molecule has 5 nitrogen and oxygen atoms in total. The van der Waals surface area contributed by atoms with Crippen LogP contribution in [0.15, 0.2) is 60.7 Å². The molecule has 2 aromatic rings. The molecular formula is C20H25N3O2. The number of carbonyl (C=O) groups is 2. The van der Waals surface area contributed by atoms with E-state index in [1.807, 2.05) is 48.5 Å².